The van der Waals surface area contributed by atoms with Crippen molar-refractivity contribution >= 4 is 35.0 Å². The Bertz CT molecular complexity index is 821. The third kappa shape index (κ3) is 6.69. The Kier molecular flexibility index (Phi) is 9.30. The molecule has 0 aromatic heterocycles. The molecule has 2 rings (SSSR count). The Labute approximate surface area is 190 Å². The minimum absolute atomic E-state index is 0.231. The first-order valence-electron chi connectivity index (χ1n) is 10.9. The SMILES string of the molecule is CCCCNC(=O)Nc1ccc(C2NC(=S)N(CC)C(C)=C2C(=O)OCC(C)C)cc1. The highest BCUT2D eigenvalue weighted by Crippen LogP contribution is 2.32. The maximum atomic E-state index is 12.9. The fraction of sp³-hybridized carbons (Fsp3) is 0.522. The van der Waals surface area contributed by atoms with Crippen LogP contribution in [0.15, 0.2) is 35.5 Å². The highest BCUT2D eigenvalue weighted by Gasteiger charge is 2.34. The third-order valence-electron chi connectivity index (χ3n) is 5.00. The summed E-state index contributed by atoms with van der Waals surface area (Å²) in [4.78, 5) is 26.8. The van der Waals surface area contributed by atoms with Crippen LogP contribution < -0.4 is 16.0 Å². The van der Waals surface area contributed by atoms with E-state index in [9.17, 15) is 9.59 Å². The summed E-state index contributed by atoms with van der Waals surface area (Å²) in [5.74, 6) is -0.0980. The molecule has 170 valence electrons. The van der Waals surface area contributed by atoms with Crippen LogP contribution in [0.25, 0.3) is 0 Å². The van der Waals surface area contributed by atoms with Crippen LogP contribution in [-0.4, -0.2) is 41.7 Å². The number of nitrogens with one attached hydrogen (secondary N) is 3. The summed E-state index contributed by atoms with van der Waals surface area (Å²) in [6.45, 7) is 11.6. The number of hydrogen-bond donors (Lipinski definition) is 3. The van der Waals surface area contributed by atoms with Gasteiger partial charge in [-0.15, -0.1) is 0 Å². The number of ether oxygens (including phenoxy) is 1. The van der Waals surface area contributed by atoms with Crippen molar-refractivity contribution in [2.45, 2.75) is 53.5 Å². The second-order valence-corrected chi connectivity index (χ2v) is 8.36. The molecule has 1 atom stereocenters. The molecule has 3 N–H and O–H groups in total. The molecule has 2 amide bonds. The van der Waals surface area contributed by atoms with Gasteiger partial charge in [0, 0.05) is 24.5 Å². The van der Waals surface area contributed by atoms with Gasteiger partial charge in [0.1, 0.15) is 0 Å². The summed E-state index contributed by atoms with van der Waals surface area (Å²) >= 11 is 5.52. The average molecular weight is 447 g/mol. The molecular weight excluding hydrogens is 412 g/mol. The van der Waals surface area contributed by atoms with Gasteiger partial charge in [-0.05, 0) is 56.1 Å². The summed E-state index contributed by atoms with van der Waals surface area (Å²) in [5, 5.41) is 9.50. The van der Waals surface area contributed by atoms with Crippen molar-refractivity contribution in [3.05, 3.63) is 41.1 Å². The zero-order chi connectivity index (χ0) is 23.0. The predicted molar refractivity (Wildman–Crippen MR) is 128 cm³/mol. The van der Waals surface area contributed by atoms with Crippen LogP contribution in [-0.2, 0) is 9.53 Å². The van der Waals surface area contributed by atoms with E-state index < -0.39 is 6.04 Å². The minimum atomic E-state index is -0.414. The zero-order valence-corrected chi connectivity index (χ0v) is 19.9. The number of benzene rings is 1. The Morgan fingerprint density at radius 2 is 1.90 bits per heavy atom. The second kappa shape index (κ2) is 11.7. The first-order valence-corrected chi connectivity index (χ1v) is 11.3. The van der Waals surface area contributed by atoms with E-state index in [1.165, 1.54) is 0 Å². The van der Waals surface area contributed by atoms with E-state index in [-0.39, 0.29) is 17.9 Å². The summed E-state index contributed by atoms with van der Waals surface area (Å²) in [7, 11) is 0. The van der Waals surface area contributed by atoms with Gasteiger partial charge in [0.2, 0.25) is 0 Å². The first-order chi connectivity index (χ1) is 14.8. The van der Waals surface area contributed by atoms with Crippen LogP contribution in [0.5, 0.6) is 0 Å². The molecule has 0 radical (unpaired) electrons. The molecule has 0 bridgehead atoms. The van der Waals surface area contributed by atoms with Gasteiger partial charge in [-0.2, -0.15) is 0 Å². The molecule has 8 heteroatoms. The number of esters is 1. The fourth-order valence-corrected chi connectivity index (χ4v) is 3.69. The number of nitrogens with zero attached hydrogens (tertiary/aromatic N) is 1. The number of thiocarbonyl (C=S) groups is 1. The van der Waals surface area contributed by atoms with Crippen molar-refractivity contribution < 1.29 is 14.3 Å². The van der Waals surface area contributed by atoms with Gasteiger partial charge in [-0.3, -0.25) is 0 Å². The number of hydrogen-bond acceptors (Lipinski definition) is 4. The van der Waals surface area contributed by atoms with Gasteiger partial charge in [0.05, 0.1) is 18.2 Å². The highest BCUT2D eigenvalue weighted by atomic mass is 32.1. The van der Waals surface area contributed by atoms with Crippen molar-refractivity contribution in [2.24, 2.45) is 5.92 Å². The van der Waals surface area contributed by atoms with Crippen LogP contribution in [0.4, 0.5) is 10.5 Å². The lowest BCUT2D eigenvalue weighted by Crippen LogP contribution is -2.47. The van der Waals surface area contributed by atoms with Crippen molar-refractivity contribution in [3.63, 3.8) is 0 Å². The number of rotatable bonds is 9. The molecule has 1 aromatic carbocycles. The van der Waals surface area contributed by atoms with Crippen molar-refractivity contribution in [1.29, 1.82) is 0 Å². The van der Waals surface area contributed by atoms with Gasteiger partial charge in [0.25, 0.3) is 0 Å². The lowest BCUT2D eigenvalue weighted by atomic mass is 9.95. The molecule has 1 aromatic rings. The smallest absolute Gasteiger partial charge is 0.338 e. The summed E-state index contributed by atoms with van der Waals surface area (Å²) in [6, 6.07) is 6.75. The van der Waals surface area contributed by atoms with Crippen molar-refractivity contribution in [3.8, 4) is 0 Å². The summed E-state index contributed by atoms with van der Waals surface area (Å²) in [5.41, 5.74) is 2.89. The standard InChI is InChI=1S/C23H34N4O3S/c1-6-8-13-24-22(29)25-18-11-9-17(10-12-18)20-19(21(28)30-14-15(3)4)16(5)27(7-2)23(31)26-20/h9-12,15,20H,6-8,13-14H2,1-5H3,(H,26,31)(H2,24,25,29). The van der Waals surface area contributed by atoms with E-state index in [1.807, 2.05) is 56.9 Å². The molecule has 1 aliphatic heterocycles. The third-order valence-corrected chi connectivity index (χ3v) is 5.34. The quantitative estimate of drug-likeness (QED) is 0.297. The molecule has 7 nitrogen and oxygen atoms in total. The number of anilines is 1. The monoisotopic (exact) mass is 446 g/mol. The van der Waals surface area contributed by atoms with E-state index in [0.29, 0.717) is 36.1 Å². The Hall–Kier alpha value is -2.61. The summed E-state index contributed by atoms with van der Waals surface area (Å²) in [6.07, 6.45) is 1.96. The molecule has 1 unspecified atom stereocenters. The molecule has 0 aliphatic carbocycles. The number of carbonyl (C=O) groups is 2. The van der Waals surface area contributed by atoms with Crippen LogP contribution in [0.3, 0.4) is 0 Å². The summed E-state index contributed by atoms with van der Waals surface area (Å²) < 4.78 is 5.54. The lowest BCUT2D eigenvalue weighted by molar-refractivity contribution is -0.140. The molecule has 0 spiro atoms. The Morgan fingerprint density at radius 1 is 1.23 bits per heavy atom. The molecule has 0 saturated heterocycles. The molecule has 0 fully saturated rings. The van der Waals surface area contributed by atoms with Gasteiger partial charge >= 0.3 is 12.0 Å². The van der Waals surface area contributed by atoms with Crippen LogP contribution >= 0.6 is 12.2 Å². The molecule has 0 saturated carbocycles. The molecule has 31 heavy (non-hydrogen) atoms. The number of urea groups is 1. The number of allylic oxidation sites excluding steroid dienone is 1. The molecule has 1 heterocycles. The fourth-order valence-electron chi connectivity index (χ4n) is 3.31. The number of amides is 2. The second-order valence-electron chi connectivity index (χ2n) is 7.97. The normalized spacial score (nSPS) is 16.3. The van der Waals surface area contributed by atoms with Crippen LogP contribution in [0.1, 0.15) is 59.1 Å². The van der Waals surface area contributed by atoms with Gasteiger partial charge < -0.3 is 25.6 Å². The maximum Gasteiger partial charge on any atom is 0.338 e. The van der Waals surface area contributed by atoms with Gasteiger partial charge in [0.15, 0.2) is 5.11 Å². The van der Waals surface area contributed by atoms with E-state index in [4.69, 9.17) is 17.0 Å². The molecule has 1 aliphatic rings. The van der Waals surface area contributed by atoms with Crippen LogP contribution in [0, 0.1) is 5.92 Å². The Balaban J connectivity index is 2.23. The average Bonchev–Trinajstić information content (AvgIpc) is 2.72. The van der Waals surface area contributed by atoms with E-state index in [1.54, 1.807) is 0 Å². The highest BCUT2D eigenvalue weighted by molar-refractivity contribution is 7.80. The van der Waals surface area contributed by atoms with Crippen molar-refractivity contribution in [1.82, 2.24) is 15.5 Å². The maximum absolute atomic E-state index is 12.9. The minimum Gasteiger partial charge on any atom is -0.462 e. The topological polar surface area (TPSA) is 82.7 Å². The number of unbranched alkanes of at least 4 members (excludes halogenated alkanes) is 1. The van der Waals surface area contributed by atoms with E-state index >= 15 is 0 Å². The predicted octanol–water partition coefficient (Wildman–Crippen LogP) is 4.33. The van der Waals surface area contributed by atoms with Crippen LogP contribution in [0.2, 0.25) is 0 Å². The van der Waals surface area contributed by atoms with Gasteiger partial charge in [-0.25, -0.2) is 9.59 Å². The van der Waals surface area contributed by atoms with E-state index in [2.05, 4.69) is 22.9 Å². The Morgan fingerprint density at radius 3 is 2.48 bits per heavy atom. The zero-order valence-electron chi connectivity index (χ0n) is 19.1. The molecular formula is C23H34N4O3S. The largest absolute Gasteiger partial charge is 0.462 e. The number of carbonyl (C=O) groups excluding carboxylic acids is 2. The lowest BCUT2D eigenvalue weighted by Gasteiger charge is -2.37. The first kappa shape index (κ1) is 24.7. The van der Waals surface area contributed by atoms with E-state index in [0.717, 1.165) is 24.1 Å². The van der Waals surface area contributed by atoms with Crippen molar-refractivity contribution in [2.75, 3.05) is 25.0 Å². The van der Waals surface area contributed by atoms with Gasteiger partial charge in [-0.1, -0.05) is 39.3 Å².